The first-order chi connectivity index (χ1) is 9.52. The fraction of sp³-hybridized carbons (Fsp3) is 0.133. The van der Waals surface area contributed by atoms with Crippen LogP contribution < -0.4 is 10.6 Å². The molecule has 0 aromatic heterocycles. The molecule has 2 aromatic rings. The fourth-order valence-electron chi connectivity index (χ4n) is 2.05. The van der Waals surface area contributed by atoms with Gasteiger partial charge < -0.3 is 10.6 Å². The monoisotopic (exact) mass is 291 g/mol. The quantitative estimate of drug-likeness (QED) is 0.662. The summed E-state index contributed by atoms with van der Waals surface area (Å²) in [5.41, 5.74) is 7.51. The minimum Gasteiger partial charge on any atom is -0.384 e. The van der Waals surface area contributed by atoms with E-state index in [9.17, 15) is 4.39 Å². The van der Waals surface area contributed by atoms with Crippen molar-refractivity contribution in [1.82, 2.24) is 0 Å². The van der Waals surface area contributed by atoms with Crippen LogP contribution in [0.2, 0.25) is 5.02 Å². The highest BCUT2D eigenvalue weighted by molar-refractivity contribution is 6.34. The SMILES string of the molecule is CCN(c1cccc(F)c1)c1ccc(C(=N)N)c(Cl)c1. The minimum atomic E-state index is -0.285. The smallest absolute Gasteiger partial charge is 0.125 e. The molecule has 0 aliphatic heterocycles. The highest BCUT2D eigenvalue weighted by atomic mass is 35.5. The number of nitrogens with one attached hydrogen (secondary N) is 1. The lowest BCUT2D eigenvalue weighted by molar-refractivity contribution is 0.627. The topological polar surface area (TPSA) is 53.1 Å². The van der Waals surface area contributed by atoms with Crippen molar-refractivity contribution in [1.29, 1.82) is 5.41 Å². The predicted molar refractivity (Wildman–Crippen MR) is 81.5 cm³/mol. The van der Waals surface area contributed by atoms with E-state index in [0.29, 0.717) is 17.1 Å². The number of anilines is 2. The second-order valence-corrected chi connectivity index (χ2v) is 4.71. The van der Waals surface area contributed by atoms with Crippen molar-refractivity contribution >= 4 is 28.8 Å². The largest absolute Gasteiger partial charge is 0.384 e. The normalized spacial score (nSPS) is 10.3. The Kier molecular flexibility index (Phi) is 4.25. The minimum absolute atomic E-state index is 0.0737. The second-order valence-electron chi connectivity index (χ2n) is 4.30. The molecule has 0 saturated heterocycles. The molecule has 0 aliphatic carbocycles. The Morgan fingerprint density at radius 3 is 2.50 bits per heavy atom. The summed E-state index contributed by atoms with van der Waals surface area (Å²) in [4.78, 5) is 1.93. The van der Waals surface area contributed by atoms with Crippen LogP contribution in [-0.4, -0.2) is 12.4 Å². The van der Waals surface area contributed by atoms with Gasteiger partial charge in [-0.2, -0.15) is 0 Å². The number of halogens is 2. The predicted octanol–water partition coefficient (Wildman–Crippen LogP) is 3.92. The third-order valence-electron chi connectivity index (χ3n) is 2.99. The van der Waals surface area contributed by atoms with Crippen LogP contribution in [0.25, 0.3) is 0 Å². The van der Waals surface area contributed by atoms with Gasteiger partial charge >= 0.3 is 0 Å². The van der Waals surface area contributed by atoms with Crippen LogP contribution in [0.3, 0.4) is 0 Å². The Balaban J connectivity index is 2.42. The molecule has 104 valence electrons. The molecule has 5 heteroatoms. The van der Waals surface area contributed by atoms with Crippen LogP contribution in [0.15, 0.2) is 42.5 Å². The van der Waals surface area contributed by atoms with Gasteiger partial charge in [-0.1, -0.05) is 17.7 Å². The van der Waals surface area contributed by atoms with Gasteiger partial charge in [-0.05, 0) is 43.3 Å². The third-order valence-corrected chi connectivity index (χ3v) is 3.30. The van der Waals surface area contributed by atoms with Crippen LogP contribution in [0.1, 0.15) is 12.5 Å². The summed E-state index contributed by atoms with van der Waals surface area (Å²) in [6.45, 7) is 2.64. The van der Waals surface area contributed by atoms with E-state index < -0.39 is 0 Å². The average Bonchev–Trinajstić information content (AvgIpc) is 2.39. The van der Waals surface area contributed by atoms with Crippen LogP contribution in [0.4, 0.5) is 15.8 Å². The van der Waals surface area contributed by atoms with Gasteiger partial charge in [0.1, 0.15) is 11.7 Å². The van der Waals surface area contributed by atoms with Crippen LogP contribution >= 0.6 is 11.6 Å². The third kappa shape index (κ3) is 2.91. The number of rotatable bonds is 4. The summed E-state index contributed by atoms with van der Waals surface area (Å²) in [6, 6.07) is 11.6. The first-order valence-corrected chi connectivity index (χ1v) is 6.57. The molecule has 3 N–H and O–H groups in total. The molecule has 0 saturated carbocycles. The maximum absolute atomic E-state index is 13.3. The van der Waals surface area contributed by atoms with Gasteiger partial charge in [0.05, 0.1) is 5.02 Å². The molecule has 0 unspecified atom stereocenters. The number of amidine groups is 1. The standard InChI is InChI=1S/C15H15ClFN3/c1-2-20(11-5-3-4-10(17)8-11)12-6-7-13(15(18)19)14(16)9-12/h3-9H,2H2,1H3,(H3,18,19). The van der Waals surface area contributed by atoms with E-state index in [1.165, 1.54) is 12.1 Å². The van der Waals surface area contributed by atoms with Crippen molar-refractivity contribution in [2.45, 2.75) is 6.92 Å². The zero-order valence-corrected chi connectivity index (χ0v) is 11.8. The van der Waals surface area contributed by atoms with Gasteiger partial charge in [0.15, 0.2) is 0 Å². The summed E-state index contributed by atoms with van der Waals surface area (Å²) in [5, 5.41) is 7.83. The molecule has 0 bridgehead atoms. The molecule has 0 spiro atoms. The van der Waals surface area contributed by atoms with Crippen molar-refractivity contribution in [2.24, 2.45) is 5.73 Å². The first-order valence-electron chi connectivity index (χ1n) is 6.20. The highest BCUT2D eigenvalue weighted by Gasteiger charge is 2.11. The molecule has 0 heterocycles. The average molecular weight is 292 g/mol. The molecule has 2 aromatic carbocycles. The van der Waals surface area contributed by atoms with Gasteiger partial charge in [-0.15, -0.1) is 0 Å². The Bertz CT molecular complexity index is 643. The van der Waals surface area contributed by atoms with Crippen LogP contribution in [0, 0.1) is 11.2 Å². The van der Waals surface area contributed by atoms with E-state index in [4.69, 9.17) is 22.7 Å². The van der Waals surface area contributed by atoms with E-state index in [0.717, 1.165) is 11.4 Å². The molecular formula is C15H15ClFN3. The van der Waals surface area contributed by atoms with Crippen LogP contribution in [0.5, 0.6) is 0 Å². The zero-order chi connectivity index (χ0) is 14.7. The maximum atomic E-state index is 13.3. The summed E-state index contributed by atoms with van der Waals surface area (Å²) in [7, 11) is 0. The summed E-state index contributed by atoms with van der Waals surface area (Å²) in [5.74, 6) is -0.359. The van der Waals surface area contributed by atoms with Gasteiger partial charge in [-0.25, -0.2) is 4.39 Å². The lowest BCUT2D eigenvalue weighted by atomic mass is 10.1. The van der Waals surface area contributed by atoms with Crippen molar-refractivity contribution in [3.8, 4) is 0 Å². The Hall–Kier alpha value is -2.07. The van der Waals surface area contributed by atoms with E-state index in [1.54, 1.807) is 18.2 Å². The van der Waals surface area contributed by atoms with Gasteiger partial charge in [-0.3, -0.25) is 5.41 Å². The molecule has 0 aliphatic rings. The van der Waals surface area contributed by atoms with Crippen molar-refractivity contribution < 1.29 is 4.39 Å². The number of nitrogen functional groups attached to an aromatic ring is 1. The van der Waals surface area contributed by atoms with Crippen molar-refractivity contribution in [3.05, 3.63) is 58.9 Å². The van der Waals surface area contributed by atoms with Crippen molar-refractivity contribution in [3.63, 3.8) is 0 Å². The van der Waals surface area contributed by atoms with E-state index >= 15 is 0 Å². The van der Waals surface area contributed by atoms with Crippen molar-refractivity contribution in [2.75, 3.05) is 11.4 Å². The Morgan fingerprint density at radius 1 is 1.25 bits per heavy atom. The number of hydrogen-bond donors (Lipinski definition) is 2. The van der Waals surface area contributed by atoms with E-state index in [-0.39, 0.29) is 11.7 Å². The molecule has 2 rings (SSSR count). The lowest BCUT2D eigenvalue weighted by Crippen LogP contribution is -2.17. The van der Waals surface area contributed by atoms with Crippen LogP contribution in [-0.2, 0) is 0 Å². The molecule has 0 radical (unpaired) electrons. The van der Waals surface area contributed by atoms with E-state index in [1.807, 2.05) is 24.0 Å². The Labute approximate surface area is 122 Å². The number of nitrogens with zero attached hydrogens (tertiary/aromatic N) is 1. The lowest BCUT2D eigenvalue weighted by Gasteiger charge is -2.24. The second kappa shape index (κ2) is 5.92. The number of benzene rings is 2. The van der Waals surface area contributed by atoms with Gasteiger partial charge in [0.2, 0.25) is 0 Å². The molecule has 3 nitrogen and oxygen atoms in total. The first kappa shape index (κ1) is 14.3. The van der Waals surface area contributed by atoms with Gasteiger partial charge in [0, 0.05) is 23.5 Å². The maximum Gasteiger partial charge on any atom is 0.125 e. The molecule has 0 fully saturated rings. The fourth-order valence-corrected chi connectivity index (χ4v) is 2.33. The summed E-state index contributed by atoms with van der Waals surface area (Å²) in [6.07, 6.45) is 0. The highest BCUT2D eigenvalue weighted by Crippen LogP contribution is 2.29. The number of hydrogen-bond acceptors (Lipinski definition) is 2. The van der Waals surface area contributed by atoms with E-state index in [2.05, 4.69) is 0 Å². The Morgan fingerprint density at radius 2 is 1.95 bits per heavy atom. The molecule has 0 atom stereocenters. The van der Waals surface area contributed by atoms with Gasteiger partial charge in [0.25, 0.3) is 0 Å². The zero-order valence-electron chi connectivity index (χ0n) is 11.0. The summed E-state index contributed by atoms with van der Waals surface area (Å²) >= 11 is 6.12. The molecule has 20 heavy (non-hydrogen) atoms. The summed E-state index contributed by atoms with van der Waals surface area (Å²) < 4.78 is 13.3. The molecule has 0 amide bonds. The molecular weight excluding hydrogens is 277 g/mol. The number of nitrogens with two attached hydrogens (primary N) is 1.